The molecule has 1 aromatic carbocycles. The predicted molar refractivity (Wildman–Crippen MR) is 69.2 cm³/mol. The molecular weight excluding hydrogens is 220 g/mol. The van der Waals surface area contributed by atoms with Crippen molar-refractivity contribution >= 4 is 27.2 Å². The van der Waals surface area contributed by atoms with E-state index in [-0.39, 0.29) is 0 Å². The van der Waals surface area contributed by atoms with E-state index in [0.717, 1.165) is 24.2 Å². The largest absolute Gasteiger partial charge is 0.383 e. The summed E-state index contributed by atoms with van der Waals surface area (Å²) in [6.45, 7) is 2.89. The molecule has 0 amide bonds. The normalized spacial score (nSPS) is 12.9. The Kier molecular flexibility index (Phi) is 3.74. The van der Waals surface area contributed by atoms with E-state index in [0.29, 0.717) is 6.04 Å². The molecule has 86 valence electrons. The van der Waals surface area contributed by atoms with E-state index in [9.17, 15) is 0 Å². The van der Waals surface area contributed by atoms with E-state index < -0.39 is 0 Å². The molecule has 3 nitrogen and oxygen atoms in total. The molecule has 0 aliphatic rings. The van der Waals surface area contributed by atoms with Crippen LogP contribution in [0.15, 0.2) is 23.7 Å². The number of hydrogen-bond acceptors (Lipinski definition) is 4. The Morgan fingerprint density at radius 1 is 1.50 bits per heavy atom. The third-order valence-corrected chi connectivity index (χ3v) is 3.35. The van der Waals surface area contributed by atoms with Crippen molar-refractivity contribution in [1.29, 1.82) is 0 Å². The molecule has 0 bridgehead atoms. The number of benzene rings is 1. The third-order valence-electron chi connectivity index (χ3n) is 2.56. The quantitative estimate of drug-likeness (QED) is 0.866. The fraction of sp³-hybridized carbons (Fsp3) is 0.417. The number of nitrogens with one attached hydrogen (secondary N) is 1. The Labute approximate surface area is 99.5 Å². The number of methoxy groups -OCH3 is 1. The molecule has 16 heavy (non-hydrogen) atoms. The topological polar surface area (TPSA) is 34.1 Å². The molecule has 0 aliphatic heterocycles. The number of ether oxygens (including phenoxy) is 1. The summed E-state index contributed by atoms with van der Waals surface area (Å²) in [6, 6.07) is 6.63. The summed E-state index contributed by atoms with van der Waals surface area (Å²) in [5, 5.41) is 3.47. The lowest BCUT2D eigenvalue weighted by Crippen LogP contribution is -2.23. The maximum absolute atomic E-state index is 5.17. The van der Waals surface area contributed by atoms with Crippen LogP contribution in [0.1, 0.15) is 13.3 Å². The molecule has 1 aromatic heterocycles. The van der Waals surface area contributed by atoms with E-state index in [1.165, 1.54) is 4.70 Å². The van der Waals surface area contributed by atoms with Crippen LogP contribution in [0.5, 0.6) is 0 Å². The zero-order valence-electron chi connectivity index (χ0n) is 9.56. The number of fused-ring (bicyclic) bond motifs is 1. The third kappa shape index (κ3) is 2.51. The van der Waals surface area contributed by atoms with E-state index >= 15 is 0 Å². The lowest BCUT2D eigenvalue weighted by atomic mass is 10.2. The van der Waals surface area contributed by atoms with Gasteiger partial charge in [0.25, 0.3) is 0 Å². The highest BCUT2D eigenvalue weighted by molar-refractivity contribution is 7.16. The molecule has 0 radical (unpaired) electrons. The second-order valence-electron chi connectivity index (χ2n) is 3.74. The second-order valence-corrected chi connectivity index (χ2v) is 4.63. The molecule has 2 aromatic rings. The van der Waals surface area contributed by atoms with Crippen LogP contribution in [0, 0.1) is 0 Å². The standard InChI is InChI=1S/C12H16N2OS/c1-3-9(7-15-2)14-10-4-5-11-12(6-10)16-8-13-11/h4-6,8-9,14H,3,7H2,1-2H3. The van der Waals surface area contributed by atoms with Crippen LogP contribution in [0.2, 0.25) is 0 Å². The number of hydrogen-bond donors (Lipinski definition) is 1. The Bertz CT molecular complexity index is 455. The SMILES string of the molecule is CCC(COC)Nc1ccc2ncsc2c1. The van der Waals surface area contributed by atoms with Gasteiger partial charge in [-0.2, -0.15) is 0 Å². The highest BCUT2D eigenvalue weighted by atomic mass is 32.1. The molecule has 0 saturated carbocycles. The van der Waals surface area contributed by atoms with Crippen LogP contribution in [-0.2, 0) is 4.74 Å². The minimum Gasteiger partial charge on any atom is -0.383 e. The monoisotopic (exact) mass is 236 g/mol. The van der Waals surface area contributed by atoms with Crippen LogP contribution in [-0.4, -0.2) is 24.7 Å². The lowest BCUT2D eigenvalue weighted by molar-refractivity contribution is 0.184. The fourth-order valence-electron chi connectivity index (χ4n) is 1.64. The van der Waals surface area contributed by atoms with E-state index in [4.69, 9.17) is 4.74 Å². The lowest BCUT2D eigenvalue weighted by Gasteiger charge is -2.17. The zero-order valence-corrected chi connectivity index (χ0v) is 10.4. The summed E-state index contributed by atoms with van der Waals surface area (Å²) in [4.78, 5) is 4.26. The minimum absolute atomic E-state index is 0.371. The van der Waals surface area contributed by atoms with Gasteiger partial charge < -0.3 is 10.1 Å². The van der Waals surface area contributed by atoms with Gasteiger partial charge in [-0.25, -0.2) is 4.98 Å². The average molecular weight is 236 g/mol. The molecule has 0 aliphatic carbocycles. The van der Waals surface area contributed by atoms with E-state index in [1.54, 1.807) is 18.4 Å². The van der Waals surface area contributed by atoms with Crippen LogP contribution in [0.3, 0.4) is 0 Å². The van der Waals surface area contributed by atoms with Crippen molar-refractivity contribution in [2.75, 3.05) is 19.0 Å². The second kappa shape index (κ2) is 5.27. The van der Waals surface area contributed by atoms with Gasteiger partial charge in [-0.15, -0.1) is 11.3 Å². The number of nitrogens with zero attached hydrogens (tertiary/aromatic N) is 1. The first-order chi connectivity index (χ1) is 7.83. The Hall–Kier alpha value is -1.13. The fourth-order valence-corrected chi connectivity index (χ4v) is 2.36. The van der Waals surface area contributed by atoms with Crippen molar-refractivity contribution in [3.05, 3.63) is 23.7 Å². The van der Waals surface area contributed by atoms with Gasteiger partial charge in [0.1, 0.15) is 0 Å². The van der Waals surface area contributed by atoms with E-state index in [2.05, 4.69) is 29.4 Å². The first kappa shape index (κ1) is 11.4. The minimum atomic E-state index is 0.371. The molecular formula is C12H16N2OS. The van der Waals surface area contributed by atoms with Gasteiger partial charge in [-0.1, -0.05) is 6.92 Å². The van der Waals surface area contributed by atoms with Crippen molar-refractivity contribution in [3.8, 4) is 0 Å². The molecule has 0 spiro atoms. The highest BCUT2D eigenvalue weighted by Crippen LogP contribution is 2.22. The molecule has 0 fully saturated rings. The smallest absolute Gasteiger partial charge is 0.0813 e. The van der Waals surface area contributed by atoms with Gasteiger partial charge >= 0.3 is 0 Å². The molecule has 1 unspecified atom stereocenters. The van der Waals surface area contributed by atoms with Crippen LogP contribution >= 0.6 is 11.3 Å². The zero-order chi connectivity index (χ0) is 11.4. The van der Waals surface area contributed by atoms with Gasteiger partial charge in [0.05, 0.1) is 22.3 Å². The first-order valence-electron chi connectivity index (χ1n) is 5.42. The number of thiazole rings is 1. The van der Waals surface area contributed by atoms with Crippen molar-refractivity contribution < 1.29 is 4.74 Å². The van der Waals surface area contributed by atoms with Crippen LogP contribution in [0.4, 0.5) is 5.69 Å². The Morgan fingerprint density at radius 3 is 3.12 bits per heavy atom. The molecule has 1 heterocycles. The molecule has 0 saturated heterocycles. The molecule has 2 rings (SSSR count). The van der Waals surface area contributed by atoms with Crippen LogP contribution in [0.25, 0.3) is 10.2 Å². The summed E-state index contributed by atoms with van der Waals surface area (Å²) >= 11 is 1.67. The van der Waals surface area contributed by atoms with Crippen molar-refractivity contribution in [3.63, 3.8) is 0 Å². The number of aromatic nitrogens is 1. The van der Waals surface area contributed by atoms with Crippen molar-refractivity contribution in [2.24, 2.45) is 0 Å². The number of anilines is 1. The van der Waals surface area contributed by atoms with Gasteiger partial charge in [0, 0.05) is 18.8 Å². The average Bonchev–Trinajstić information content (AvgIpc) is 2.75. The maximum Gasteiger partial charge on any atom is 0.0813 e. The molecule has 4 heteroatoms. The first-order valence-corrected chi connectivity index (χ1v) is 6.30. The Balaban J connectivity index is 2.13. The van der Waals surface area contributed by atoms with Crippen molar-refractivity contribution in [1.82, 2.24) is 4.98 Å². The predicted octanol–water partition coefficient (Wildman–Crippen LogP) is 3.13. The van der Waals surface area contributed by atoms with Crippen molar-refractivity contribution in [2.45, 2.75) is 19.4 Å². The summed E-state index contributed by atoms with van der Waals surface area (Å²) in [5.41, 5.74) is 4.08. The summed E-state index contributed by atoms with van der Waals surface area (Å²) in [6.07, 6.45) is 1.05. The summed E-state index contributed by atoms with van der Waals surface area (Å²) in [5.74, 6) is 0. The Morgan fingerprint density at radius 2 is 2.38 bits per heavy atom. The van der Waals surface area contributed by atoms with Gasteiger partial charge in [-0.3, -0.25) is 0 Å². The molecule has 1 N–H and O–H groups in total. The van der Waals surface area contributed by atoms with Crippen LogP contribution < -0.4 is 5.32 Å². The van der Waals surface area contributed by atoms with E-state index in [1.807, 2.05) is 11.6 Å². The van der Waals surface area contributed by atoms with Gasteiger partial charge in [0.2, 0.25) is 0 Å². The summed E-state index contributed by atoms with van der Waals surface area (Å²) in [7, 11) is 1.73. The maximum atomic E-state index is 5.17. The highest BCUT2D eigenvalue weighted by Gasteiger charge is 2.06. The number of rotatable bonds is 5. The van der Waals surface area contributed by atoms with Gasteiger partial charge in [0.15, 0.2) is 0 Å². The molecule has 1 atom stereocenters. The van der Waals surface area contributed by atoms with Gasteiger partial charge in [-0.05, 0) is 24.6 Å². The summed E-state index contributed by atoms with van der Waals surface area (Å²) < 4.78 is 6.39.